The zero-order chi connectivity index (χ0) is 18.9. The van der Waals surface area contributed by atoms with Crippen LogP contribution in [0.1, 0.15) is 67.4 Å². The Hall–Kier alpha value is -0.890. The van der Waals surface area contributed by atoms with E-state index in [9.17, 15) is 0 Å². The van der Waals surface area contributed by atoms with Crippen LogP contribution in [0.25, 0.3) is 11.1 Å². The molecule has 2 aliphatic carbocycles. The predicted octanol–water partition coefficient (Wildman–Crippen LogP) is 8.71. The van der Waals surface area contributed by atoms with Crippen LogP contribution in [-0.2, 0) is 6.42 Å². The van der Waals surface area contributed by atoms with Crippen molar-refractivity contribution in [3.8, 4) is 11.1 Å². The molecule has 2 atom stereocenters. The fourth-order valence-corrected chi connectivity index (χ4v) is 8.75. The van der Waals surface area contributed by atoms with Crippen LogP contribution in [0.3, 0.4) is 0 Å². The third-order valence-corrected chi connectivity index (χ3v) is 10.7. The summed E-state index contributed by atoms with van der Waals surface area (Å²) in [6, 6.07) is 15.7. The van der Waals surface area contributed by atoms with Crippen LogP contribution in [0, 0.1) is 0 Å². The zero-order valence-electron chi connectivity index (χ0n) is 16.0. The number of halogens is 2. The highest BCUT2D eigenvalue weighted by molar-refractivity contribution is 8.66. The molecule has 4 rings (SSSR count). The van der Waals surface area contributed by atoms with Crippen molar-refractivity contribution in [3.05, 3.63) is 71.3 Å². The van der Waals surface area contributed by atoms with Gasteiger partial charge in [-0.2, -0.15) is 0 Å². The number of rotatable bonds is 7. The van der Waals surface area contributed by atoms with E-state index in [-0.39, 0.29) is 10.5 Å². The highest BCUT2D eigenvalue weighted by atomic mass is 36.0. The molecule has 0 amide bonds. The molecule has 0 bridgehead atoms. The molecule has 2 unspecified atom stereocenters. The van der Waals surface area contributed by atoms with E-state index in [0.29, 0.717) is 0 Å². The van der Waals surface area contributed by atoms with Crippen LogP contribution in [0.4, 0.5) is 0 Å². The summed E-state index contributed by atoms with van der Waals surface area (Å²) in [5.74, 6) is 0. The lowest BCUT2D eigenvalue weighted by atomic mass is 10.00. The molecule has 3 heteroatoms. The van der Waals surface area contributed by atoms with Gasteiger partial charge in [0.1, 0.15) is 0 Å². The zero-order valence-corrected chi connectivity index (χ0v) is 18.3. The van der Waals surface area contributed by atoms with Crippen molar-refractivity contribution >= 4 is 29.8 Å². The number of benzene rings is 2. The molecule has 2 aromatic rings. The molecule has 0 heterocycles. The molecule has 0 saturated carbocycles. The second-order valence-corrected chi connectivity index (χ2v) is 13.5. The molecule has 0 spiro atoms. The van der Waals surface area contributed by atoms with Crippen LogP contribution >= 0.6 is 29.8 Å². The molecular formula is C24H28Cl2S. The van der Waals surface area contributed by atoms with Crippen LogP contribution in [0.2, 0.25) is 0 Å². The van der Waals surface area contributed by atoms with E-state index in [1.54, 1.807) is 0 Å². The number of hydrogen-bond donors (Lipinski definition) is 0. The van der Waals surface area contributed by atoms with Crippen molar-refractivity contribution < 1.29 is 0 Å². The maximum Gasteiger partial charge on any atom is 0.0660 e. The van der Waals surface area contributed by atoms with Gasteiger partial charge in [0.05, 0.1) is 5.25 Å². The van der Waals surface area contributed by atoms with Gasteiger partial charge in [0.2, 0.25) is 0 Å². The Morgan fingerprint density at radius 1 is 0.963 bits per heavy atom. The minimum atomic E-state index is -1.85. The second-order valence-electron chi connectivity index (χ2n) is 7.79. The van der Waals surface area contributed by atoms with E-state index in [4.69, 9.17) is 21.4 Å². The average molecular weight is 419 g/mol. The first-order valence-electron chi connectivity index (χ1n) is 10.2. The van der Waals surface area contributed by atoms with E-state index in [1.165, 1.54) is 53.5 Å². The molecule has 0 aliphatic heterocycles. The molecule has 0 saturated heterocycles. The Kier molecular flexibility index (Phi) is 5.92. The first kappa shape index (κ1) is 19.4. The lowest BCUT2D eigenvalue weighted by Gasteiger charge is -2.38. The lowest BCUT2D eigenvalue weighted by Crippen LogP contribution is -2.12. The third kappa shape index (κ3) is 3.71. The predicted molar refractivity (Wildman–Crippen MR) is 123 cm³/mol. The molecular weight excluding hydrogens is 391 g/mol. The number of aryl methyl sites for hydroxylation is 1. The highest BCUT2D eigenvalue weighted by Crippen LogP contribution is 2.77. The summed E-state index contributed by atoms with van der Waals surface area (Å²) >= 11 is 0. The van der Waals surface area contributed by atoms with Gasteiger partial charge in [0.25, 0.3) is 0 Å². The number of allylic oxidation sites excluding steroid dienone is 1. The van der Waals surface area contributed by atoms with Gasteiger partial charge < -0.3 is 0 Å². The number of fused-ring (bicyclic) bond motifs is 3. The molecule has 144 valence electrons. The second kappa shape index (κ2) is 8.23. The van der Waals surface area contributed by atoms with E-state index >= 15 is 0 Å². The Bertz CT molecular complexity index is 840. The summed E-state index contributed by atoms with van der Waals surface area (Å²) < 4.78 is 0. The molecule has 0 radical (unpaired) electrons. The van der Waals surface area contributed by atoms with Gasteiger partial charge in [-0.1, -0.05) is 89.3 Å². The first-order valence-corrected chi connectivity index (χ1v) is 13.6. The molecule has 2 aliphatic rings. The van der Waals surface area contributed by atoms with Crippen LogP contribution in [-0.4, -0.2) is 5.25 Å². The average Bonchev–Trinajstić information content (AvgIpc) is 3.32. The van der Waals surface area contributed by atoms with E-state index in [1.807, 2.05) is 0 Å². The molecule has 0 aromatic heterocycles. The van der Waals surface area contributed by atoms with Crippen molar-refractivity contribution in [2.75, 3.05) is 0 Å². The van der Waals surface area contributed by atoms with Crippen LogP contribution in [0.5, 0.6) is 0 Å². The molecule has 0 N–H and O–H groups in total. The lowest BCUT2D eigenvalue weighted by molar-refractivity contribution is 0.666. The Morgan fingerprint density at radius 2 is 1.78 bits per heavy atom. The molecule has 27 heavy (non-hydrogen) atoms. The van der Waals surface area contributed by atoms with E-state index in [2.05, 4.69) is 61.5 Å². The van der Waals surface area contributed by atoms with Crippen LogP contribution in [0.15, 0.2) is 54.6 Å². The first-order chi connectivity index (χ1) is 13.1. The summed E-state index contributed by atoms with van der Waals surface area (Å²) in [5.41, 5.74) is 6.73. The third-order valence-electron chi connectivity index (χ3n) is 5.94. The van der Waals surface area contributed by atoms with Gasteiger partial charge in [0, 0.05) is 5.25 Å². The van der Waals surface area contributed by atoms with E-state index in [0.717, 1.165) is 19.3 Å². The van der Waals surface area contributed by atoms with Crippen molar-refractivity contribution in [1.29, 1.82) is 0 Å². The fraction of sp³-hybridized carbons (Fsp3) is 0.417. The number of unbranched alkanes of at least 4 members (excludes halogenated alkanes) is 3. The fourth-order valence-electron chi connectivity index (χ4n) is 4.50. The topological polar surface area (TPSA) is 0 Å². The molecule has 0 fully saturated rings. The number of hydrogen-bond acceptors (Lipinski definition) is 0. The molecule has 0 nitrogen and oxygen atoms in total. The summed E-state index contributed by atoms with van der Waals surface area (Å²) in [5, 5.41) is 0.411. The summed E-state index contributed by atoms with van der Waals surface area (Å²) in [4.78, 5) is 0. The van der Waals surface area contributed by atoms with Crippen molar-refractivity contribution in [1.82, 2.24) is 0 Å². The van der Waals surface area contributed by atoms with Gasteiger partial charge in [-0.15, -0.1) is 0 Å². The SMILES string of the molecule is CCCCCCc1ccc2c(c1)C(S(Cl)(Cl)C1C=CCC1)c1ccccc1-2. The van der Waals surface area contributed by atoms with Gasteiger partial charge in [-0.25, -0.2) is 0 Å². The van der Waals surface area contributed by atoms with Crippen LogP contribution < -0.4 is 0 Å². The van der Waals surface area contributed by atoms with E-state index < -0.39 is 8.46 Å². The van der Waals surface area contributed by atoms with Crippen molar-refractivity contribution in [3.63, 3.8) is 0 Å². The monoisotopic (exact) mass is 418 g/mol. The molecule has 2 aromatic carbocycles. The van der Waals surface area contributed by atoms with Gasteiger partial charge in [0.15, 0.2) is 0 Å². The Morgan fingerprint density at radius 3 is 2.56 bits per heavy atom. The Balaban J connectivity index is 1.70. The standard InChI is InChI=1S/C24H28Cl2S/c1-2-3-4-5-10-18-15-16-21-20-13-8-9-14-22(20)24(23(21)17-18)27(25,26)19-11-6-7-12-19/h6,8-9,11,13-17,19,24H,2-5,7,10,12H2,1H3. The van der Waals surface area contributed by atoms with Gasteiger partial charge in [-0.05, 0) is 74.9 Å². The largest absolute Gasteiger partial charge is 0.0874 e. The van der Waals surface area contributed by atoms with Crippen molar-refractivity contribution in [2.24, 2.45) is 0 Å². The Labute approximate surface area is 174 Å². The minimum absolute atomic E-state index is 0.121. The smallest absolute Gasteiger partial charge is 0.0660 e. The van der Waals surface area contributed by atoms with Gasteiger partial charge >= 0.3 is 0 Å². The highest BCUT2D eigenvalue weighted by Gasteiger charge is 2.44. The maximum absolute atomic E-state index is 7.20. The summed E-state index contributed by atoms with van der Waals surface area (Å²) in [7, 11) is 12.5. The maximum atomic E-state index is 7.20. The minimum Gasteiger partial charge on any atom is -0.0874 e. The summed E-state index contributed by atoms with van der Waals surface area (Å²) in [6.45, 7) is 2.26. The van der Waals surface area contributed by atoms with Gasteiger partial charge in [-0.3, -0.25) is 0 Å². The quantitative estimate of drug-likeness (QED) is 0.311. The summed E-state index contributed by atoms with van der Waals surface area (Å²) in [6.07, 6.45) is 13.0. The normalized spacial score (nSPS) is 21.3. The van der Waals surface area contributed by atoms with Crippen molar-refractivity contribution in [2.45, 2.75) is 62.4 Å².